The average Bonchev–Trinajstić information content (AvgIpc) is 2.38. The predicted molar refractivity (Wildman–Crippen MR) is 91.9 cm³/mol. The molecular formula is C15H15BrINO. The second-order valence-electron chi connectivity index (χ2n) is 4.27. The highest BCUT2D eigenvalue weighted by molar-refractivity contribution is 14.1. The predicted octanol–water partition coefficient (Wildman–Crippen LogP) is 4.98. The number of benzene rings is 2. The monoisotopic (exact) mass is 431 g/mol. The van der Waals surface area contributed by atoms with Crippen molar-refractivity contribution in [2.24, 2.45) is 0 Å². The minimum Gasteiger partial charge on any atom is -0.496 e. The summed E-state index contributed by atoms with van der Waals surface area (Å²) in [5.41, 5.74) is 3.54. The van der Waals surface area contributed by atoms with Crippen molar-refractivity contribution in [3.63, 3.8) is 0 Å². The molecule has 0 bridgehead atoms. The zero-order chi connectivity index (χ0) is 13.8. The van der Waals surface area contributed by atoms with Crippen LogP contribution in [0.2, 0.25) is 0 Å². The van der Waals surface area contributed by atoms with Gasteiger partial charge in [-0.2, -0.15) is 0 Å². The van der Waals surface area contributed by atoms with Gasteiger partial charge in [-0.1, -0.05) is 15.9 Å². The molecule has 100 valence electrons. The van der Waals surface area contributed by atoms with Crippen LogP contribution >= 0.6 is 38.5 Å². The van der Waals surface area contributed by atoms with Crippen molar-refractivity contribution in [2.45, 2.75) is 13.5 Å². The van der Waals surface area contributed by atoms with E-state index in [1.54, 1.807) is 7.11 Å². The summed E-state index contributed by atoms with van der Waals surface area (Å²) in [5.74, 6) is 0.902. The molecule has 1 N–H and O–H groups in total. The fourth-order valence-corrected chi connectivity index (χ4v) is 2.96. The van der Waals surface area contributed by atoms with Gasteiger partial charge in [-0.15, -0.1) is 0 Å². The fourth-order valence-electron chi connectivity index (χ4n) is 1.90. The van der Waals surface area contributed by atoms with Crippen LogP contribution in [0, 0.1) is 10.5 Å². The number of aryl methyl sites for hydroxylation is 1. The van der Waals surface area contributed by atoms with E-state index >= 15 is 0 Å². The van der Waals surface area contributed by atoms with Gasteiger partial charge in [0.25, 0.3) is 0 Å². The largest absolute Gasteiger partial charge is 0.496 e. The van der Waals surface area contributed by atoms with Gasteiger partial charge in [0.2, 0.25) is 0 Å². The molecule has 2 rings (SSSR count). The Hall–Kier alpha value is -0.750. The van der Waals surface area contributed by atoms with Gasteiger partial charge in [-0.05, 0) is 71.5 Å². The fraction of sp³-hybridized carbons (Fsp3) is 0.200. The lowest BCUT2D eigenvalue weighted by Crippen LogP contribution is -2.03. The minimum absolute atomic E-state index is 0.740. The molecule has 2 aromatic carbocycles. The summed E-state index contributed by atoms with van der Waals surface area (Å²) in [4.78, 5) is 0. The molecule has 0 atom stereocenters. The van der Waals surface area contributed by atoms with Crippen LogP contribution < -0.4 is 10.1 Å². The summed E-state index contributed by atoms with van der Waals surface area (Å²) in [6.45, 7) is 2.85. The van der Waals surface area contributed by atoms with Crippen LogP contribution in [-0.2, 0) is 6.54 Å². The van der Waals surface area contributed by atoms with Crippen LogP contribution in [0.1, 0.15) is 11.1 Å². The van der Waals surface area contributed by atoms with E-state index in [4.69, 9.17) is 4.74 Å². The van der Waals surface area contributed by atoms with Crippen molar-refractivity contribution in [2.75, 3.05) is 12.4 Å². The summed E-state index contributed by atoms with van der Waals surface area (Å²) in [6, 6.07) is 12.4. The van der Waals surface area contributed by atoms with Crippen molar-refractivity contribution < 1.29 is 4.74 Å². The molecule has 0 amide bonds. The van der Waals surface area contributed by atoms with Crippen LogP contribution in [0.4, 0.5) is 5.69 Å². The lowest BCUT2D eigenvalue weighted by Gasteiger charge is -2.13. The van der Waals surface area contributed by atoms with E-state index in [-0.39, 0.29) is 0 Å². The molecule has 0 aliphatic heterocycles. The van der Waals surface area contributed by atoms with Crippen molar-refractivity contribution in [3.05, 3.63) is 55.6 Å². The first-order chi connectivity index (χ1) is 9.10. The number of anilines is 1. The summed E-state index contributed by atoms with van der Waals surface area (Å²) < 4.78 is 7.69. The van der Waals surface area contributed by atoms with E-state index in [1.165, 1.54) is 9.13 Å². The Morgan fingerprint density at radius 2 is 2.00 bits per heavy atom. The van der Waals surface area contributed by atoms with Gasteiger partial charge >= 0.3 is 0 Å². The number of rotatable bonds is 4. The highest BCUT2D eigenvalue weighted by Gasteiger charge is 2.05. The van der Waals surface area contributed by atoms with Gasteiger partial charge in [0.05, 0.1) is 7.11 Å². The first-order valence-corrected chi connectivity index (χ1v) is 7.80. The molecule has 2 aromatic rings. The number of halogens is 2. The van der Waals surface area contributed by atoms with E-state index in [2.05, 4.69) is 75.0 Å². The third-order valence-corrected chi connectivity index (χ3v) is 4.06. The molecule has 0 unspecified atom stereocenters. The SMILES string of the molecule is COc1ccc(Br)cc1CNc1ccc(I)cc1C. The second kappa shape index (κ2) is 6.61. The first-order valence-electron chi connectivity index (χ1n) is 5.92. The minimum atomic E-state index is 0.740. The maximum absolute atomic E-state index is 5.38. The third kappa shape index (κ3) is 3.86. The van der Waals surface area contributed by atoms with Crippen molar-refractivity contribution in [3.8, 4) is 5.75 Å². The molecule has 2 nitrogen and oxygen atoms in total. The smallest absolute Gasteiger partial charge is 0.123 e. The number of methoxy groups -OCH3 is 1. The van der Waals surface area contributed by atoms with Gasteiger partial charge in [0.1, 0.15) is 5.75 Å². The Bertz CT molecular complexity index is 586. The van der Waals surface area contributed by atoms with E-state index in [1.807, 2.05) is 12.1 Å². The standard InChI is InChI=1S/C15H15BrINO/c1-10-7-13(17)4-5-14(10)18-9-11-8-12(16)3-6-15(11)19-2/h3-8,18H,9H2,1-2H3. The molecule has 0 saturated heterocycles. The van der Waals surface area contributed by atoms with Gasteiger partial charge in [0.15, 0.2) is 0 Å². The Morgan fingerprint density at radius 3 is 2.68 bits per heavy atom. The molecule has 0 aliphatic rings. The molecule has 4 heteroatoms. The van der Waals surface area contributed by atoms with E-state index in [9.17, 15) is 0 Å². The van der Waals surface area contributed by atoms with E-state index in [0.717, 1.165) is 28.0 Å². The lowest BCUT2D eigenvalue weighted by atomic mass is 10.1. The molecule has 0 heterocycles. The molecule has 0 saturated carbocycles. The number of hydrogen-bond donors (Lipinski definition) is 1. The van der Waals surface area contributed by atoms with Crippen LogP contribution in [0.3, 0.4) is 0 Å². The molecule has 0 radical (unpaired) electrons. The Morgan fingerprint density at radius 1 is 1.21 bits per heavy atom. The Labute approximate surface area is 135 Å². The molecular weight excluding hydrogens is 417 g/mol. The van der Waals surface area contributed by atoms with Crippen molar-refractivity contribution in [1.82, 2.24) is 0 Å². The average molecular weight is 432 g/mol. The molecule has 0 fully saturated rings. The highest BCUT2D eigenvalue weighted by atomic mass is 127. The van der Waals surface area contributed by atoms with E-state index in [0.29, 0.717) is 0 Å². The first kappa shape index (κ1) is 14.7. The molecule has 0 aromatic heterocycles. The zero-order valence-corrected chi connectivity index (χ0v) is 14.6. The highest BCUT2D eigenvalue weighted by Crippen LogP contribution is 2.25. The number of hydrogen-bond acceptors (Lipinski definition) is 2. The van der Waals surface area contributed by atoms with Crippen LogP contribution in [0.5, 0.6) is 5.75 Å². The summed E-state index contributed by atoms with van der Waals surface area (Å²) in [7, 11) is 1.70. The quantitative estimate of drug-likeness (QED) is 0.689. The third-order valence-electron chi connectivity index (χ3n) is 2.90. The topological polar surface area (TPSA) is 21.3 Å². The molecule has 0 spiro atoms. The van der Waals surface area contributed by atoms with Crippen LogP contribution in [0.15, 0.2) is 40.9 Å². The summed E-state index contributed by atoms with van der Waals surface area (Å²) >= 11 is 5.82. The Balaban J connectivity index is 2.16. The van der Waals surface area contributed by atoms with Gasteiger partial charge in [-0.25, -0.2) is 0 Å². The van der Waals surface area contributed by atoms with Crippen LogP contribution in [-0.4, -0.2) is 7.11 Å². The second-order valence-corrected chi connectivity index (χ2v) is 6.43. The maximum Gasteiger partial charge on any atom is 0.123 e. The van der Waals surface area contributed by atoms with Gasteiger partial charge < -0.3 is 10.1 Å². The van der Waals surface area contributed by atoms with Crippen molar-refractivity contribution in [1.29, 1.82) is 0 Å². The number of nitrogens with one attached hydrogen (secondary N) is 1. The molecule has 0 aliphatic carbocycles. The number of ether oxygens (including phenoxy) is 1. The lowest BCUT2D eigenvalue weighted by molar-refractivity contribution is 0.410. The van der Waals surface area contributed by atoms with Gasteiger partial charge in [0, 0.05) is 25.8 Å². The van der Waals surface area contributed by atoms with Gasteiger partial charge in [-0.3, -0.25) is 0 Å². The zero-order valence-electron chi connectivity index (χ0n) is 10.8. The summed E-state index contributed by atoms with van der Waals surface area (Å²) in [6.07, 6.45) is 0. The van der Waals surface area contributed by atoms with Crippen molar-refractivity contribution >= 4 is 44.2 Å². The normalized spacial score (nSPS) is 10.3. The summed E-state index contributed by atoms with van der Waals surface area (Å²) in [5, 5.41) is 3.45. The van der Waals surface area contributed by atoms with E-state index < -0.39 is 0 Å². The Kier molecular flexibility index (Phi) is 5.10. The molecule has 19 heavy (non-hydrogen) atoms. The maximum atomic E-state index is 5.38. The van der Waals surface area contributed by atoms with Crippen LogP contribution in [0.25, 0.3) is 0 Å².